The molecule has 0 aliphatic heterocycles. The first-order chi connectivity index (χ1) is 6.88. The molecule has 1 aromatic carbocycles. The Bertz CT molecular complexity index is 497. The first kappa shape index (κ1) is 7.74. The second-order valence-corrected chi connectivity index (χ2v) is 3.72. The molecular weight excluding hydrogens is 178 g/mol. The highest BCUT2D eigenvalue weighted by atomic mass is 16.5. The fourth-order valence-electron chi connectivity index (χ4n) is 1.69. The van der Waals surface area contributed by atoms with Crippen LogP contribution in [-0.4, -0.2) is 11.4 Å². The van der Waals surface area contributed by atoms with Crippen molar-refractivity contribution >= 4 is 17.2 Å². The van der Waals surface area contributed by atoms with Gasteiger partial charge in [0.25, 0.3) is 0 Å². The van der Waals surface area contributed by atoms with Gasteiger partial charge in [-0.1, -0.05) is 11.2 Å². The standard InChI is InChI=1S/C11H9NO2/c13-6-7-1-4-9-10(5-7)12-14-11(9)8-2-3-8/h1,4-6,8H,2-3H2. The van der Waals surface area contributed by atoms with E-state index in [9.17, 15) is 4.79 Å². The molecule has 0 unspecified atom stereocenters. The highest BCUT2D eigenvalue weighted by Gasteiger charge is 2.29. The molecule has 0 N–H and O–H groups in total. The number of carbonyl (C=O) groups is 1. The van der Waals surface area contributed by atoms with E-state index in [1.807, 2.05) is 6.07 Å². The van der Waals surface area contributed by atoms with Gasteiger partial charge in [0.05, 0.1) is 0 Å². The van der Waals surface area contributed by atoms with Gasteiger partial charge in [-0.3, -0.25) is 4.79 Å². The Morgan fingerprint density at radius 1 is 1.43 bits per heavy atom. The van der Waals surface area contributed by atoms with Crippen LogP contribution in [0.4, 0.5) is 0 Å². The number of hydrogen-bond donors (Lipinski definition) is 0. The lowest BCUT2D eigenvalue weighted by Gasteiger charge is -1.91. The molecule has 70 valence electrons. The fourth-order valence-corrected chi connectivity index (χ4v) is 1.69. The molecule has 0 atom stereocenters. The van der Waals surface area contributed by atoms with Gasteiger partial charge in [-0.15, -0.1) is 0 Å². The third-order valence-corrected chi connectivity index (χ3v) is 2.61. The van der Waals surface area contributed by atoms with Gasteiger partial charge in [0, 0.05) is 16.9 Å². The summed E-state index contributed by atoms with van der Waals surface area (Å²) < 4.78 is 5.27. The van der Waals surface area contributed by atoms with Crippen molar-refractivity contribution in [2.75, 3.05) is 0 Å². The molecule has 1 saturated carbocycles. The van der Waals surface area contributed by atoms with Crippen LogP contribution in [0.5, 0.6) is 0 Å². The Morgan fingerprint density at radius 2 is 2.29 bits per heavy atom. The molecule has 1 aliphatic carbocycles. The molecule has 0 radical (unpaired) electrons. The maximum absolute atomic E-state index is 10.5. The maximum atomic E-state index is 10.5. The van der Waals surface area contributed by atoms with E-state index in [1.54, 1.807) is 12.1 Å². The van der Waals surface area contributed by atoms with E-state index in [1.165, 1.54) is 12.8 Å². The van der Waals surface area contributed by atoms with E-state index in [0.717, 1.165) is 22.9 Å². The summed E-state index contributed by atoms with van der Waals surface area (Å²) in [6.45, 7) is 0. The van der Waals surface area contributed by atoms with Gasteiger partial charge in [-0.05, 0) is 25.0 Å². The molecule has 1 heterocycles. The van der Waals surface area contributed by atoms with Crippen LogP contribution < -0.4 is 0 Å². The number of fused-ring (bicyclic) bond motifs is 1. The van der Waals surface area contributed by atoms with Crippen molar-refractivity contribution in [3.05, 3.63) is 29.5 Å². The minimum atomic E-state index is 0.557. The number of aldehydes is 1. The number of benzene rings is 1. The second kappa shape index (κ2) is 2.67. The Labute approximate surface area is 80.7 Å². The molecular formula is C11H9NO2. The monoisotopic (exact) mass is 187 g/mol. The maximum Gasteiger partial charge on any atom is 0.150 e. The average molecular weight is 187 g/mol. The molecule has 0 spiro atoms. The molecule has 14 heavy (non-hydrogen) atoms. The van der Waals surface area contributed by atoms with Crippen LogP contribution in [0.15, 0.2) is 22.7 Å². The number of carbonyl (C=O) groups excluding carboxylic acids is 1. The smallest absolute Gasteiger partial charge is 0.150 e. The lowest BCUT2D eigenvalue weighted by molar-refractivity contribution is 0.112. The van der Waals surface area contributed by atoms with E-state index in [4.69, 9.17) is 4.52 Å². The van der Waals surface area contributed by atoms with E-state index in [0.29, 0.717) is 11.5 Å². The molecule has 0 saturated heterocycles. The molecule has 1 aliphatic rings. The highest BCUT2D eigenvalue weighted by molar-refractivity contribution is 5.87. The van der Waals surface area contributed by atoms with Gasteiger partial charge in [0.1, 0.15) is 17.6 Å². The van der Waals surface area contributed by atoms with Crippen LogP contribution in [-0.2, 0) is 0 Å². The summed E-state index contributed by atoms with van der Waals surface area (Å²) in [6.07, 6.45) is 3.21. The molecule has 3 rings (SSSR count). The second-order valence-electron chi connectivity index (χ2n) is 3.72. The third-order valence-electron chi connectivity index (χ3n) is 2.61. The van der Waals surface area contributed by atoms with Gasteiger partial charge >= 0.3 is 0 Å². The van der Waals surface area contributed by atoms with Crippen LogP contribution in [0, 0.1) is 0 Å². The summed E-state index contributed by atoms with van der Waals surface area (Å²) in [7, 11) is 0. The van der Waals surface area contributed by atoms with Crippen molar-refractivity contribution in [1.82, 2.24) is 5.16 Å². The Morgan fingerprint density at radius 3 is 3.00 bits per heavy atom. The van der Waals surface area contributed by atoms with Crippen LogP contribution in [0.25, 0.3) is 10.9 Å². The van der Waals surface area contributed by atoms with Crippen LogP contribution in [0.2, 0.25) is 0 Å². The topological polar surface area (TPSA) is 43.1 Å². The number of aromatic nitrogens is 1. The van der Waals surface area contributed by atoms with Crippen molar-refractivity contribution < 1.29 is 9.32 Å². The number of rotatable bonds is 2. The Hall–Kier alpha value is -1.64. The summed E-state index contributed by atoms with van der Waals surface area (Å²) in [6, 6.07) is 5.49. The molecule has 1 fully saturated rings. The van der Waals surface area contributed by atoms with Gasteiger partial charge in [0.15, 0.2) is 0 Å². The van der Waals surface area contributed by atoms with Gasteiger partial charge in [-0.25, -0.2) is 0 Å². The molecule has 1 aromatic heterocycles. The molecule has 0 amide bonds. The zero-order valence-corrected chi connectivity index (χ0v) is 7.56. The van der Waals surface area contributed by atoms with Crippen LogP contribution in [0.3, 0.4) is 0 Å². The summed E-state index contributed by atoms with van der Waals surface area (Å²) in [4.78, 5) is 10.5. The summed E-state index contributed by atoms with van der Waals surface area (Å²) in [5.41, 5.74) is 1.43. The van der Waals surface area contributed by atoms with Gasteiger partial charge < -0.3 is 4.52 Å². The van der Waals surface area contributed by atoms with Crippen LogP contribution >= 0.6 is 0 Å². The summed E-state index contributed by atoms with van der Waals surface area (Å²) in [5, 5.41) is 5.01. The first-order valence-electron chi connectivity index (χ1n) is 4.73. The summed E-state index contributed by atoms with van der Waals surface area (Å²) >= 11 is 0. The quantitative estimate of drug-likeness (QED) is 0.678. The van der Waals surface area contributed by atoms with Crippen molar-refractivity contribution in [3.8, 4) is 0 Å². The minimum Gasteiger partial charge on any atom is -0.360 e. The zero-order valence-electron chi connectivity index (χ0n) is 7.56. The lowest BCUT2D eigenvalue weighted by Crippen LogP contribution is -1.79. The fraction of sp³-hybridized carbons (Fsp3) is 0.273. The SMILES string of the molecule is O=Cc1ccc2c(C3CC3)onc2c1. The van der Waals surface area contributed by atoms with Crippen molar-refractivity contribution in [1.29, 1.82) is 0 Å². The highest BCUT2D eigenvalue weighted by Crippen LogP contribution is 2.43. The molecule has 3 nitrogen and oxygen atoms in total. The lowest BCUT2D eigenvalue weighted by atomic mass is 10.1. The predicted molar refractivity (Wildman–Crippen MR) is 51.4 cm³/mol. The average Bonchev–Trinajstić information content (AvgIpc) is 2.98. The zero-order chi connectivity index (χ0) is 9.54. The van der Waals surface area contributed by atoms with E-state index >= 15 is 0 Å². The normalized spacial score (nSPS) is 16.0. The van der Waals surface area contributed by atoms with Gasteiger partial charge in [-0.2, -0.15) is 0 Å². The predicted octanol–water partition coefficient (Wildman–Crippen LogP) is 2.52. The van der Waals surface area contributed by atoms with E-state index < -0.39 is 0 Å². The van der Waals surface area contributed by atoms with Crippen LogP contribution in [0.1, 0.15) is 34.9 Å². The molecule has 2 aromatic rings. The van der Waals surface area contributed by atoms with E-state index in [-0.39, 0.29) is 0 Å². The third kappa shape index (κ3) is 1.05. The Kier molecular flexibility index (Phi) is 1.48. The Balaban J connectivity index is 2.21. The molecule has 0 bridgehead atoms. The van der Waals surface area contributed by atoms with Gasteiger partial charge in [0.2, 0.25) is 0 Å². The number of nitrogens with zero attached hydrogens (tertiary/aromatic N) is 1. The largest absolute Gasteiger partial charge is 0.360 e. The first-order valence-corrected chi connectivity index (χ1v) is 4.73. The van der Waals surface area contributed by atoms with Crippen molar-refractivity contribution in [2.45, 2.75) is 18.8 Å². The van der Waals surface area contributed by atoms with E-state index in [2.05, 4.69) is 5.16 Å². The van der Waals surface area contributed by atoms with Crippen molar-refractivity contribution in [3.63, 3.8) is 0 Å². The van der Waals surface area contributed by atoms with Crippen molar-refractivity contribution in [2.24, 2.45) is 0 Å². The number of hydrogen-bond acceptors (Lipinski definition) is 3. The minimum absolute atomic E-state index is 0.557. The molecule has 3 heteroatoms. The summed E-state index contributed by atoms with van der Waals surface area (Å²) in [5.74, 6) is 1.54.